The van der Waals surface area contributed by atoms with E-state index in [2.05, 4.69) is 9.46 Å². The molecule has 5 nitrogen and oxygen atoms in total. The Morgan fingerprint density at radius 1 is 1.04 bits per heavy atom. The maximum Gasteiger partial charge on any atom is 0.573 e. The van der Waals surface area contributed by atoms with Crippen LogP contribution in [-0.4, -0.2) is 26.4 Å². The van der Waals surface area contributed by atoms with Crippen LogP contribution in [0.4, 0.5) is 13.2 Å². The van der Waals surface area contributed by atoms with Gasteiger partial charge in [0, 0.05) is 6.54 Å². The molecule has 0 amide bonds. The summed E-state index contributed by atoms with van der Waals surface area (Å²) >= 11 is 0. The first-order valence-electron chi connectivity index (χ1n) is 8.23. The number of halogens is 3. The summed E-state index contributed by atoms with van der Waals surface area (Å²) < 4.78 is 67.6. The van der Waals surface area contributed by atoms with Crippen molar-refractivity contribution in [2.75, 3.05) is 6.54 Å². The summed E-state index contributed by atoms with van der Waals surface area (Å²) in [6.45, 7) is -0.231. The molecule has 1 atom stereocenters. The van der Waals surface area contributed by atoms with E-state index in [0.717, 1.165) is 37.1 Å². The third kappa shape index (κ3) is 4.79. The Balaban J connectivity index is 1.74. The number of rotatable bonds is 7. The van der Waals surface area contributed by atoms with Crippen LogP contribution >= 0.6 is 0 Å². The van der Waals surface area contributed by atoms with Gasteiger partial charge in [-0.25, -0.2) is 13.1 Å². The number of ether oxygens (including phenoxy) is 1. The molecule has 27 heavy (non-hydrogen) atoms. The Labute approximate surface area is 154 Å². The number of benzene rings is 2. The van der Waals surface area contributed by atoms with Gasteiger partial charge >= 0.3 is 6.36 Å². The Morgan fingerprint density at radius 2 is 1.63 bits per heavy atom. The van der Waals surface area contributed by atoms with E-state index < -0.39 is 27.7 Å². The predicted octanol–water partition coefficient (Wildman–Crippen LogP) is 3.16. The van der Waals surface area contributed by atoms with Gasteiger partial charge in [-0.2, -0.15) is 0 Å². The second-order valence-electron chi connectivity index (χ2n) is 6.41. The van der Waals surface area contributed by atoms with Crippen LogP contribution in [-0.2, 0) is 15.6 Å². The summed E-state index contributed by atoms with van der Waals surface area (Å²) in [5.74, 6) is -0.564. The van der Waals surface area contributed by atoms with E-state index in [1.54, 1.807) is 30.3 Å². The van der Waals surface area contributed by atoms with Crippen LogP contribution in [0.15, 0.2) is 59.5 Å². The topological polar surface area (TPSA) is 75.6 Å². The van der Waals surface area contributed by atoms with E-state index in [-0.39, 0.29) is 17.4 Å². The lowest BCUT2D eigenvalue weighted by Gasteiger charge is -2.29. The van der Waals surface area contributed by atoms with Gasteiger partial charge < -0.3 is 9.84 Å². The molecule has 0 radical (unpaired) electrons. The van der Waals surface area contributed by atoms with Crippen molar-refractivity contribution >= 4 is 10.0 Å². The molecule has 0 heterocycles. The fourth-order valence-electron chi connectivity index (χ4n) is 2.88. The van der Waals surface area contributed by atoms with Crippen molar-refractivity contribution in [3.8, 4) is 5.75 Å². The number of hydrogen-bond donors (Lipinski definition) is 2. The number of alkyl halides is 3. The van der Waals surface area contributed by atoms with Crippen LogP contribution < -0.4 is 9.46 Å². The van der Waals surface area contributed by atoms with Gasteiger partial charge in [-0.1, -0.05) is 30.3 Å². The van der Waals surface area contributed by atoms with Gasteiger partial charge in [0.15, 0.2) is 0 Å². The summed E-state index contributed by atoms with van der Waals surface area (Å²) in [6, 6.07) is 12.7. The maximum absolute atomic E-state index is 12.5. The number of sulfonamides is 1. The summed E-state index contributed by atoms with van der Waals surface area (Å²) in [7, 11) is -4.01. The van der Waals surface area contributed by atoms with Gasteiger partial charge in [-0.15, -0.1) is 13.2 Å². The molecular formula is C18H18F3NO4S. The zero-order valence-electron chi connectivity index (χ0n) is 14.1. The van der Waals surface area contributed by atoms with Crippen LogP contribution in [0.5, 0.6) is 5.75 Å². The van der Waals surface area contributed by atoms with Gasteiger partial charge in [-0.05, 0) is 48.6 Å². The monoisotopic (exact) mass is 401 g/mol. The Bertz CT molecular complexity index is 881. The average Bonchev–Trinajstić information content (AvgIpc) is 3.45. The molecule has 2 aromatic carbocycles. The van der Waals surface area contributed by atoms with Crippen molar-refractivity contribution in [1.29, 1.82) is 0 Å². The van der Waals surface area contributed by atoms with Crippen LogP contribution in [0, 0.1) is 5.92 Å². The van der Waals surface area contributed by atoms with E-state index in [4.69, 9.17) is 0 Å². The van der Waals surface area contributed by atoms with Crippen LogP contribution in [0.1, 0.15) is 18.4 Å². The van der Waals surface area contributed by atoms with Crippen molar-refractivity contribution in [3.63, 3.8) is 0 Å². The molecule has 9 heteroatoms. The summed E-state index contributed by atoms with van der Waals surface area (Å²) in [4.78, 5) is -0.219. The zero-order valence-corrected chi connectivity index (χ0v) is 14.9. The van der Waals surface area contributed by atoms with Crippen LogP contribution in [0.25, 0.3) is 0 Å². The summed E-state index contributed by atoms with van der Waals surface area (Å²) in [6.07, 6.45) is -3.28. The molecule has 0 aromatic heterocycles. The minimum Gasteiger partial charge on any atom is -0.406 e. The Morgan fingerprint density at radius 3 is 2.15 bits per heavy atom. The van der Waals surface area contributed by atoms with E-state index in [1.807, 2.05) is 0 Å². The third-order valence-electron chi connectivity index (χ3n) is 4.43. The number of hydrogen-bond acceptors (Lipinski definition) is 4. The van der Waals surface area contributed by atoms with Gasteiger partial charge in [0.1, 0.15) is 11.4 Å². The van der Waals surface area contributed by atoms with Crippen molar-refractivity contribution in [3.05, 3.63) is 60.2 Å². The smallest absolute Gasteiger partial charge is 0.406 e. The molecular weight excluding hydrogens is 383 g/mol. The highest BCUT2D eigenvalue weighted by atomic mass is 32.2. The lowest BCUT2D eigenvalue weighted by molar-refractivity contribution is -0.274. The predicted molar refractivity (Wildman–Crippen MR) is 91.4 cm³/mol. The molecule has 2 aromatic rings. The van der Waals surface area contributed by atoms with E-state index in [1.165, 1.54) is 0 Å². The number of nitrogens with one attached hydrogen (secondary N) is 1. The molecule has 1 aliphatic rings. The molecule has 1 aliphatic carbocycles. The van der Waals surface area contributed by atoms with Gasteiger partial charge in [0.25, 0.3) is 0 Å². The standard InChI is InChI=1S/C18H18F3NO4S/c19-18(20,21)26-15-8-10-16(11-9-15)27(24,25)22-12-17(23,14-6-7-14)13-4-2-1-3-5-13/h1-5,8-11,14,22-23H,6-7,12H2. The molecule has 1 fully saturated rings. The van der Waals surface area contributed by atoms with Gasteiger partial charge in [0.2, 0.25) is 10.0 Å². The van der Waals surface area contributed by atoms with Crippen molar-refractivity contribution in [1.82, 2.24) is 4.72 Å². The van der Waals surface area contributed by atoms with Crippen molar-refractivity contribution in [2.24, 2.45) is 5.92 Å². The third-order valence-corrected chi connectivity index (χ3v) is 5.84. The highest BCUT2D eigenvalue weighted by Crippen LogP contribution is 2.45. The SMILES string of the molecule is O=S(=O)(NCC(O)(c1ccccc1)C1CC1)c1ccc(OC(F)(F)F)cc1. The molecule has 0 aliphatic heterocycles. The average molecular weight is 401 g/mol. The molecule has 2 N–H and O–H groups in total. The molecule has 1 saturated carbocycles. The highest BCUT2D eigenvalue weighted by molar-refractivity contribution is 7.89. The molecule has 3 rings (SSSR count). The quantitative estimate of drug-likeness (QED) is 0.747. The first-order chi connectivity index (χ1) is 12.6. The Kier molecular flexibility index (Phi) is 5.20. The fraction of sp³-hybridized carbons (Fsp3) is 0.333. The summed E-state index contributed by atoms with van der Waals surface area (Å²) in [5, 5.41) is 11.0. The molecule has 146 valence electrons. The number of aliphatic hydroxyl groups is 1. The first-order valence-corrected chi connectivity index (χ1v) is 9.72. The first kappa shape index (κ1) is 19.7. The van der Waals surface area contributed by atoms with Gasteiger partial charge in [-0.3, -0.25) is 0 Å². The second-order valence-corrected chi connectivity index (χ2v) is 8.18. The highest BCUT2D eigenvalue weighted by Gasteiger charge is 2.45. The fourth-order valence-corrected chi connectivity index (χ4v) is 3.95. The largest absolute Gasteiger partial charge is 0.573 e. The minimum atomic E-state index is -4.85. The van der Waals surface area contributed by atoms with Crippen LogP contribution in [0.2, 0.25) is 0 Å². The lowest BCUT2D eigenvalue weighted by Crippen LogP contribution is -2.42. The van der Waals surface area contributed by atoms with Gasteiger partial charge in [0.05, 0.1) is 4.90 Å². The molecule has 0 spiro atoms. The van der Waals surface area contributed by atoms with Crippen molar-refractivity contribution in [2.45, 2.75) is 29.7 Å². The Hall–Kier alpha value is -2.10. The zero-order chi connectivity index (χ0) is 19.7. The van der Waals surface area contributed by atoms with Crippen LogP contribution in [0.3, 0.4) is 0 Å². The van der Waals surface area contributed by atoms with E-state index in [0.29, 0.717) is 5.56 Å². The van der Waals surface area contributed by atoms with E-state index >= 15 is 0 Å². The normalized spacial score (nSPS) is 17.3. The molecule has 0 saturated heterocycles. The minimum absolute atomic E-state index is 0.0508. The lowest BCUT2D eigenvalue weighted by atomic mass is 9.89. The second kappa shape index (κ2) is 7.14. The molecule has 0 bridgehead atoms. The maximum atomic E-state index is 12.5. The molecule has 1 unspecified atom stereocenters. The summed E-state index contributed by atoms with van der Waals surface area (Å²) in [5.41, 5.74) is -0.725. The van der Waals surface area contributed by atoms with Crippen molar-refractivity contribution < 1.29 is 31.4 Å². The van der Waals surface area contributed by atoms with E-state index in [9.17, 15) is 26.7 Å².